The minimum Gasteiger partial charge on any atom is -0.300 e. The molecule has 0 unspecified atom stereocenters. The molecular formula is C12H8FN5O2. The lowest BCUT2D eigenvalue weighted by atomic mass is 10.2. The maximum absolute atomic E-state index is 13.9. The van der Waals surface area contributed by atoms with E-state index in [1.165, 1.54) is 21.7 Å². The fourth-order valence-electron chi connectivity index (χ4n) is 2.14. The lowest BCUT2D eigenvalue weighted by Gasteiger charge is -2.06. The van der Waals surface area contributed by atoms with Crippen LogP contribution in [0.1, 0.15) is 11.3 Å². The summed E-state index contributed by atoms with van der Waals surface area (Å²) in [5.74, 6) is -0.711. The first-order valence-electron chi connectivity index (χ1n) is 5.75. The van der Waals surface area contributed by atoms with Gasteiger partial charge in [0, 0.05) is 17.8 Å². The van der Waals surface area contributed by atoms with E-state index in [2.05, 4.69) is 5.10 Å². The number of hydrogen-bond acceptors (Lipinski definition) is 5. The second-order valence-electron chi connectivity index (χ2n) is 4.39. The molecule has 1 aromatic carbocycles. The zero-order chi connectivity index (χ0) is 14.3. The Balaban J connectivity index is 1.96. The Labute approximate surface area is 112 Å². The van der Waals surface area contributed by atoms with E-state index >= 15 is 0 Å². The van der Waals surface area contributed by atoms with Crippen LogP contribution in [0, 0.1) is 27.4 Å². The van der Waals surface area contributed by atoms with Crippen LogP contribution < -0.4 is 0 Å². The number of nitriles is 1. The number of benzene rings is 1. The average molecular weight is 273 g/mol. The van der Waals surface area contributed by atoms with Crippen molar-refractivity contribution in [1.29, 1.82) is 5.26 Å². The van der Waals surface area contributed by atoms with Crippen molar-refractivity contribution in [1.82, 2.24) is 14.7 Å². The van der Waals surface area contributed by atoms with Crippen molar-refractivity contribution in [2.24, 2.45) is 0 Å². The molecule has 3 rings (SSSR count). The Morgan fingerprint density at radius 2 is 2.25 bits per heavy atom. The molecule has 0 saturated carbocycles. The highest BCUT2D eigenvalue weighted by molar-refractivity contribution is 5.43. The molecule has 2 heterocycles. The van der Waals surface area contributed by atoms with E-state index in [0.717, 1.165) is 11.6 Å². The molecule has 0 fully saturated rings. The third-order valence-corrected chi connectivity index (χ3v) is 3.11. The third kappa shape index (κ3) is 1.85. The molecule has 0 saturated heterocycles. The predicted octanol–water partition coefficient (Wildman–Crippen LogP) is 1.72. The van der Waals surface area contributed by atoms with Gasteiger partial charge in [-0.25, -0.2) is 9.07 Å². The maximum atomic E-state index is 13.9. The van der Waals surface area contributed by atoms with Crippen LogP contribution in [0.25, 0.3) is 5.69 Å². The quantitative estimate of drug-likeness (QED) is 0.472. The number of fused-ring (bicyclic) bond motifs is 1. The summed E-state index contributed by atoms with van der Waals surface area (Å²) < 4.78 is 15.2. The van der Waals surface area contributed by atoms with Crippen LogP contribution in [-0.4, -0.2) is 19.6 Å². The van der Waals surface area contributed by atoms with Crippen LogP contribution in [-0.2, 0) is 13.1 Å². The number of non-ortho nitro benzene ring substituents is 1. The normalized spacial score (nSPS) is 13.1. The smallest absolute Gasteiger partial charge is 0.272 e. The van der Waals surface area contributed by atoms with Crippen molar-refractivity contribution in [3.8, 4) is 11.9 Å². The minimum atomic E-state index is -0.711. The van der Waals surface area contributed by atoms with Crippen molar-refractivity contribution < 1.29 is 9.31 Å². The van der Waals surface area contributed by atoms with Crippen molar-refractivity contribution in [2.75, 3.05) is 0 Å². The summed E-state index contributed by atoms with van der Waals surface area (Å²) in [4.78, 5) is 11.4. The van der Waals surface area contributed by atoms with Crippen LogP contribution in [0.2, 0.25) is 0 Å². The van der Waals surface area contributed by atoms with Crippen LogP contribution in [0.3, 0.4) is 0 Å². The number of rotatable bonds is 2. The van der Waals surface area contributed by atoms with Gasteiger partial charge in [0.15, 0.2) is 12.0 Å². The van der Waals surface area contributed by atoms with Crippen molar-refractivity contribution in [2.45, 2.75) is 13.1 Å². The Bertz CT molecular complexity index is 725. The fraction of sp³-hybridized carbons (Fsp3) is 0.167. The number of hydrogen-bond donors (Lipinski definition) is 0. The minimum absolute atomic E-state index is 0.147. The fourth-order valence-corrected chi connectivity index (χ4v) is 2.14. The van der Waals surface area contributed by atoms with Crippen molar-refractivity contribution >= 4 is 5.69 Å². The van der Waals surface area contributed by atoms with Gasteiger partial charge in [-0.1, -0.05) is 0 Å². The molecular weight excluding hydrogens is 265 g/mol. The SMILES string of the molecule is N#CN1Cc2cn(-c3ccc([N+](=O)[O-])cc3F)nc2C1. The van der Waals surface area contributed by atoms with Gasteiger partial charge in [0.05, 0.1) is 29.8 Å². The van der Waals surface area contributed by atoms with Gasteiger partial charge in [-0.05, 0) is 6.07 Å². The molecule has 20 heavy (non-hydrogen) atoms. The van der Waals surface area contributed by atoms with Crippen LogP contribution >= 0.6 is 0 Å². The van der Waals surface area contributed by atoms with E-state index in [1.807, 2.05) is 6.19 Å². The van der Waals surface area contributed by atoms with Gasteiger partial charge in [-0.3, -0.25) is 10.1 Å². The molecule has 0 amide bonds. The lowest BCUT2D eigenvalue weighted by Crippen LogP contribution is -2.10. The molecule has 0 spiro atoms. The zero-order valence-electron chi connectivity index (χ0n) is 10.2. The average Bonchev–Trinajstić information content (AvgIpc) is 2.96. The number of nitro groups is 1. The predicted molar refractivity (Wildman–Crippen MR) is 65.0 cm³/mol. The molecule has 0 atom stereocenters. The largest absolute Gasteiger partial charge is 0.300 e. The molecule has 0 bridgehead atoms. The first kappa shape index (κ1) is 12.1. The van der Waals surface area contributed by atoms with Gasteiger partial charge in [0.2, 0.25) is 0 Å². The highest BCUT2D eigenvalue weighted by atomic mass is 19.1. The first-order chi connectivity index (χ1) is 9.58. The number of nitrogens with zero attached hydrogens (tertiary/aromatic N) is 5. The molecule has 1 aliphatic rings. The molecule has 0 aliphatic carbocycles. The Morgan fingerprint density at radius 3 is 2.85 bits per heavy atom. The van der Waals surface area contributed by atoms with Gasteiger partial charge in [-0.2, -0.15) is 10.4 Å². The molecule has 7 nitrogen and oxygen atoms in total. The van der Waals surface area contributed by atoms with E-state index in [-0.39, 0.29) is 11.4 Å². The van der Waals surface area contributed by atoms with Gasteiger partial charge < -0.3 is 4.90 Å². The standard InChI is InChI=1S/C12H8FN5O2/c13-10-3-9(18(19)20)1-2-12(10)17-5-8-4-16(7-14)6-11(8)15-17/h1-3,5H,4,6H2. The molecule has 8 heteroatoms. The van der Waals surface area contributed by atoms with Crippen molar-refractivity contribution in [3.63, 3.8) is 0 Å². The summed E-state index contributed by atoms with van der Waals surface area (Å²) in [5.41, 5.74) is 1.41. The molecule has 1 aromatic heterocycles. The van der Waals surface area contributed by atoms with E-state index < -0.39 is 10.7 Å². The highest BCUT2D eigenvalue weighted by Gasteiger charge is 2.23. The van der Waals surface area contributed by atoms with Crippen LogP contribution in [0.4, 0.5) is 10.1 Å². The first-order valence-corrected chi connectivity index (χ1v) is 5.75. The number of halogens is 1. The molecule has 1 aliphatic heterocycles. The van der Waals surface area contributed by atoms with Gasteiger partial charge in [0.1, 0.15) is 5.69 Å². The van der Waals surface area contributed by atoms with Crippen LogP contribution in [0.5, 0.6) is 0 Å². The van der Waals surface area contributed by atoms with Gasteiger partial charge in [0.25, 0.3) is 5.69 Å². The number of aromatic nitrogens is 2. The van der Waals surface area contributed by atoms with E-state index in [0.29, 0.717) is 18.8 Å². The van der Waals surface area contributed by atoms with Gasteiger partial charge >= 0.3 is 0 Å². The topological polar surface area (TPSA) is 88.0 Å². The zero-order valence-corrected chi connectivity index (χ0v) is 10.2. The second kappa shape index (κ2) is 4.31. The van der Waals surface area contributed by atoms with Crippen LogP contribution in [0.15, 0.2) is 24.4 Å². The summed E-state index contributed by atoms with van der Waals surface area (Å²) in [6.07, 6.45) is 3.66. The summed E-state index contributed by atoms with van der Waals surface area (Å²) in [6, 6.07) is 3.41. The van der Waals surface area contributed by atoms with Crippen molar-refractivity contribution in [3.05, 3.63) is 51.6 Å². The molecule has 0 radical (unpaired) electrons. The maximum Gasteiger partial charge on any atom is 0.272 e. The van der Waals surface area contributed by atoms with E-state index in [1.54, 1.807) is 6.20 Å². The molecule has 0 N–H and O–H groups in total. The van der Waals surface area contributed by atoms with E-state index in [9.17, 15) is 14.5 Å². The Hall–Kier alpha value is -2.95. The summed E-state index contributed by atoms with van der Waals surface area (Å²) >= 11 is 0. The Kier molecular flexibility index (Phi) is 2.61. The summed E-state index contributed by atoms with van der Waals surface area (Å²) in [5, 5.41) is 23.6. The highest BCUT2D eigenvalue weighted by Crippen LogP contribution is 2.24. The van der Waals surface area contributed by atoms with Gasteiger partial charge in [-0.15, -0.1) is 0 Å². The monoisotopic (exact) mass is 273 g/mol. The van der Waals surface area contributed by atoms with E-state index in [4.69, 9.17) is 5.26 Å². The second-order valence-corrected chi connectivity index (χ2v) is 4.39. The summed E-state index contributed by atoms with van der Waals surface area (Å²) in [6.45, 7) is 0.841. The molecule has 2 aromatic rings. The number of nitro benzene ring substituents is 1. The third-order valence-electron chi connectivity index (χ3n) is 3.11. The molecule has 100 valence electrons. The lowest BCUT2D eigenvalue weighted by molar-refractivity contribution is -0.385. The summed E-state index contributed by atoms with van der Waals surface area (Å²) in [7, 11) is 0. The Morgan fingerprint density at radius 1 is 1.45 bits per heavy atom.